The predicted octanol–water partition coefficient (Wildman–Crippen LogP) is 3.39. The van der Waals surface area contributed by atoms with Crippen LogP contribution in [0.4, 0.5) is 9.52 Å². The van der Waals surface area contributed by atoms with E-state index in [1.165, 1.54) is 31.5 Å². The van der Waals surface area contributed by atoms with E-state index in [0.29, 0.717) is 17.4 Å². The molecule has 7 nitrogen and oxygen atoms in total. The molecule has 0 unspecified atom stereocenters. The molecule has 0 fully saturated rings. The summed E-state index contributed by atoms with van der Waals surface area (Å²) < 4.78 is 45.0. The van der Waals surface area contributed by atoms with E-state index in [-0.39, 0.29) is 5.56 Å². The summed E-state index contributed by atoms with van der Waals surface area (Å²) in [6.45, 7) is 0.667. The second kappa shape index (κ2) is 7.78. The number of nitrogens with one attached hydrogen (secondary N) is 1. The first-order valence-corrected chi connectivity index (χ1v) is 11.3. The van der Waals surface area contributed by atoms with Crippen LogP contribution in [0.5, 0.6) is 5.75 Å². The summed E-state index contributed by atoms with van der Waals surface area (Å²) in [6.07, 6.45) is 0.847. The number of carbonyl (C=O) groups excluding carboxylic acids is 1. The topological polar surface area (TPSA) is 88.6 Å². The van der Waals surface area contributed by atoms with Gasteiger partial charge in [0.25, 0.3) is 5.91 Å². The van der Waals surface area contributed by atoms with Gasteiger partial charge in [0.1, 0.15) is 16.5 Å². The molecule has 3 aromatic rings. The molecule has 10 heteroatoms. The lowest BCUT2D eigenvalue weighted by atomic mass is 10.1. The van der Waals surface area contributed by atoms with E-state index < -0.39 is 26.6 Å². The number of amides is 1. The lowest BCUT2D eigenvalue weighted by Crippen LogP contribution is -2.24. The van der Waals surface area contributed by atoms with E-state index in [1.807, 2.05) is 23.6 Å². The molecule has 1 aromatic heterocycles. The Labute approximate surface area is 177 Å². The number of aromatic nitrogens is 1. The van der Waals surface area contributed by atoms with Crippen LogP contribution in [-0.2, 0) is 16.4 Å². The van der Waals surface area contributed by atoms with Gasteiger partial charge in [-0.1, -0.05) is 0 Å². The van der Waals surface area contributed by atoms with Gasteiger partial charge < -0.3 is 4.74 Å². The number of anilines is 1. The summed E-state index contributed by atoms with van der Waals surface area (Å²) in [6, 6.07) is 9.04. The molecule has 0 saturated heterocycles. The predicted molar refractivity (Wildman–Crippen MR) is 112 cm³/mol. The number of fused-ring (bicyclic) bond motifs is 1. The first-order chi connectivity index (χ1) is 14.3. The van der Waals surface area contributed by atoms with Crippen LogP contribution in [0.3, 0.4) is 0 Å². The van der Waals surface area contributed by atoms with E-state index >= 15 is 0 Å². The van der Waals surface area contributed by atoms with Crippen molar-refractivity contribution in [3.63, 3.8) is 0 Å². The van der Waals surface area contributed by atoms with Crippen molar-refractivity contribution in [2.45, 2.75) is 11.3 Å². The quantitative estimate of drug-likeness (QED) is 0.648. The third-order valence-electron chi connectivity index (χ3n) is 4.66. The monoisotopic (exact) mass is 447 g/mol. The molecule has 0 spiro atoms. The van der Waals surface area contributed by atoms with Crippen molar-refractivity contribution in [3.8, 4) is 17.0 Å². The number of benzene rings is 2. The molecule has 4 rings (SSSR count). The smallest absolute Gasteiger partial charge is 0.257 e. The lowest BCUT2D eigenvalue weighted by molar-refractivity contribution is 0.102. The second-order valence-corrected chi connectivity index (χ2v) is 9.82. The van der Waals surface area contributed by atoms with Gasteiger partial charge in [-0.15, -0.1) is 11.3 Å². The van der Waals surface area contributed by atoms with Crippen molar-refractivity contribution < 1.29 is 22.3 Å². The van der Waals surface area contributed by atoms with Gasteiger partial charge in [0.2, 0.25) is 10.0 Å². The van der Waals surface area contributed by atoms with E-state index in [1.54, 1.807) is 0 Å². The summed E-state index contributed by atoms with van der Waals surface area (Å²) in [5.74, 6) is -0.617. The highest BCUT2D eigenvalue weighted by Crippen LogP contribution is 2.32. The fourth-order valence-corrected chi connectivity index (χ4v) is 4.72. The third kappa shape index (κ3) is 3.81. The molecule has 30 heavy (non-hydrogen) atoms. The molecular weight excluding hydrogens is 429 g/mol. The molecule has 2 aromatic carbocycles. The van der Waals surface area contributed by atoms with Gasteiger partial charge >= 0.3 is 0 Å². The van der Waals surface area contributed by atoms with Crippen molar-refractivity contribution in [2.75, 3.05) is 26.0 Å². The Morgan fingerprint density at radius 1 is 1.23 bits per heavy atom. The van der Waals surface area contributed by atoms with E-state index in [2.05, 4.69) is 10.3 Å². The van der Waals surface area contributed by atoms with Crippen LogP contribution in [0.25, 0.3) is 11.3 Å². The minimum atomic E-state index is -4.02. The van der Waals surface area contributed by atoms with Crippen molar-refractivity contribution in [2.24, 2.45) is 0 Å². The maximum atomic E-state index is 14.0. The van der Waals surface area contributed by atoms with Crippen LogP contribution in [0.15, 0.2) is 46.7 Å². The van der Waals surface area contributed by atoms with Gasteiger partial charge in [0.15, 0.2) is 5.13 Å². The van der Waals surface area contributed by atoms with Gasteiger partial charge in [-0.3, -0.25) is 10.1 Å². The summed E-state index contributed by atoms with van der Waals surface area (Å²) >= 11 is 1.24. The van der Waals surface area contributed by atoms with Crippen LogP contribution < -0.4 is 10.1 Å². The molecule has 0 radical (unpaired) electrons. The number of halogens is 1. The number of hydrogen-bond acceptors (Lipinski definition) is 6. The second-order valence-electron chi connectivity index (χ2n) is 6.85. The first kappa shape index (κ1) is 20.5. The van der Waals surface area contributed by atoms with Gasteiger partial charge in [-0.2, -0.15) is 0 Å². The summed E-state index contributed by atoms with van der Waals surface area (Å²) in [5.41, 5.74) is 2.76. The molecule has 1 amide bonds. The maximum Gasteiger partial charge on any atom is 0.257 e. The van der Waals surface area contributed by atoms with Crippen LogP contribution in [-0.4, -0.2) is 44.3 Å². The van der Waals surface area contributed by atoms with Gasteiger partial charge in [-0.05, 0) is 42.0 Å². The van der Waals surface area contributed by atoms with E-state index in [9.17, 15) is 17.6 Å². The van der Waals surface area contributed by atoms with E-state index in [0.717, 1.165) is 39.7 Å². The highest BCUT2D eigenvalue weighted by Gasteiger charge is 2.24. The number of carbonyl (C=O) groups is 1. The number of hydrogen-bond donors (Lipinski definition) is 1. The number of thiazole rings is 1. The Bertz CT molecular complexity index is 1240. The zero-order valence-corrected chi connectivity index (χ0v) is 17.8. The first-order valence-electron chi connectivity index (χ1n) is 9.01. The van der Waals surface area contributed by atoms with Crippen LogP contribution in [0.2, 0.25) is 0 Å². The summed E-state index contributed by atoms with van der Waals surface area (Å²) in [7, 11) is -1.43. The summed E-state index contributed by atoms with van der Waals surface area (Å²) in [4.78, 5) is 16.5. The number of rotatable bonds is 5. The maximum absolute atomic E-state index is 14.0. The van der Waals surface area contributed by atoms with Gasteiger partial charge in [0.05, 0.1) is 12.3 Å². The van der Waals surface area contributed by atoms with E-state index in [4.69, 9.17) is 4.74 Å². The minimum absolute atomic E-state index is 0.0169. The lowest BCUT2D eigenvalue weighted by Gasteiger charge is -2.13. The van der Waals surface area contributed by atoms with Crippen LogP contribution in [0, 0.1) is 5.82 Å². The SMILES string of the molecule is CN(C)S(=O)(=O)c1cc(C(=O)Nc2nc(-c3ccc4c(c3)CCO4)cs2)ccc1F. The highest BCUT2D eigenvalue weighted by molar-refractivity contribution is 7.89. The molecule has 2 heterocycles. The normalized spacial score (nSPS) is 13.2. The van der Waals surface area contributed by atoms with Gasteiger partial charge in [0, 0.05) is 37.0 Å². The fourth-order valence-electron chi connectivity index (χ4n) is 3.02. The molecule has 1 N–H and O–H groups in total. The fraction of sp³-hybridized carbons (Fsp3) is 0.200. The Balaban J connectivity index is 1.55. The zero-order chi connectivity index (χ0) is 21.5. The Hall–Kier alpha value is -2.82. The highest BCUT2D eigenvalue weighted by atomic mass is 32.2. The largest absolute Gasteiger partial charge is 0.493 e. The van der Waals surface area contributed by atoms with Crippen molar-refractivity contribution in [3.05, 3.63) is 58.7 Å². The Kier molecular flexibility index (Phi) is 5.31. The standard InChI is InChI=1S/C20H18FN3O4S2/c1-24(2)30(26,27)18-10-14(3-5-15(18)21)19(25)23-20-22-16(11-29-20)12-4-6-17-13(9-12)7-8-28-17/h3-6,9-11H,7-8H2,1-2H3,(H,22,23,25). The van der Waals surface area contributed by atoms with Crippen molar-refractivity contribution in [1.29, 1.82) is 0 Å². The Morgan fingerprint density at radius 2 is 2.03 bits per heavy atom. The Morgan fingerprint density at radius 3 is 2.80 bits per heavy atom. The molecule has 156 valence electrons. The molecule has 0 atom stereocenters. The average molecular weight is 448 g/mol. The molecule has 0 aliphatic carbocycles. The van der Waals surface area contributed by atoms with Gasteiger partial charge in [-0.25, -0.2) is 22.1 Å². The summed E-state index contributed by atoms with van der Waals surface area (Å²) in [5, 5.41) is 4.81. The van der Waals surface area contributed by atoms with Crippen LogP contribution in [0.1, 0.15) is 15.9 Å². The number of nitrogens with zero attached hydrogens (tertiary/aromatic N) is 2. The van der Waals surface area contributed by atoms with Crippen LogP contribution >= 0.6 is 11.3 Å². The molecule has 0 saturated carbocycles. The average Bonchev–Trinajstić information content (AvgIpc) is 3.36. The zero-order valence-electron chi connectivity index (χ0n) is 16.2. The van der Waals surface area contributed by atoms with Crippen molar-refractivity contribution in [1.82, 2.24) is 9.29 Å². The molecule has 0 bridgehead atoms. The third-order valence-corrected chi connectivity index (χ3v) is 7.25. The number of ether oxygens (including phenoxy) is 1. The number of sulfonamides is 1. The molecular formula is C20H18FN3O4S2. The van der Waals surface area contributed by atoms with Crippen molar-refractivity contribution >= 4 is 32.4 Å². The minimum Gasteiger partial charge on any atom is -0.493 e. The molecule has 1 aliphatic heterocycles. The molecule has 1 aliphatic rings.